The van der Waals surface area contributed by atoms with Crippen molar-refractivity contribution < 1.29 is 9.53 Å². The molecular weight excluding hydrogens is 264 g/mol. The van der Waals surface area contributed by atoms with E-state index in [1.807, 2.05) is 42.5 Å². The third-order valence-corrected chi connectivity index (χ3v) is 3.66. The Morgan fingerprint density at radius 1 is 1.19 bits per heavy atom. The minimum absolute atomic E-state index is 0.0896. The Hall–Kier alpha value is -2.17. The monoisotopic (exact) mass is 282 g/mol. The Bertz CT molecular complexity index is 668. The Morgan fingerprint density at radius 2 is 2.00 bits per heavy atom. The summed E-state index contributed by atoms with van der Waals surface area (Å²) in [7, 11) is 1.64. The predicted octanol–water partition coefficient (Wildman–Crippen LogP) is 2.69. The normalized spacial score (nSPS) is 13.0. The number of carbonyl (C=O) groups excluding carboxylic acids is 1. The first-order chi connectivity index (χ1) is 10.3. The molecule has 0 radical (unpaired) electrons. The Labute approximate surface area is 124 Å². The lowest BCUT2D eigenvalue weighted by atomic mass is 10.1. The molecule has 1 aliphatic rings. The van der Waals surface area contributed by atoms with E-state index < -0.39 is 0 Å². The number of methoxy groups -OCH3 is 1. The molecule has 0 spiro atoms. The van der Waals surface area contributed by atoms with E-state index in [1.54, 1.807) is 7.11 Å². The lowest BCUT2D eigenvalue weighted by Gasteiger charge is -2.11. The lowest BCUT2D eigenvalue weighted by molar-refractivity contribution is 0.102. The van der Waals surface area contributed by atoms with Crippen molar-refractivity contribution in [2.45, 2.75) is 19.7 Å². The van der Waals surface area contributed by atoms with E-state index in [0.717, 1.165) is 24.3 Å². The van der Waals surface area contributed by atoms with Crippen LogP contribution in [0.4, 0.5) is 5.69 Å². The highest BCUT2D eigenvalue weighted by atomic mass is 16.5. The van der Waals surface area contributed by atoms with Crippen LogP contribution in [0.1, 0.15) is 27.0 Å². The molecule has 0 unspecified atom stereocenters. The van der Waals surface area contributed by atoms with E-state index in [-0.39, 0.29) is 5.91 Å². The van der Waals surface area contributed by atoms with E-state index in [9.17, 15) is 4.79 Å². The summed E-state index contributed by atoms with van der Waals surface area (Å²) in [4.78, 5) is 12.4. The van der Waals surface area contributed by atoms with Crippen molar-refractivity contribution >= 4 is 11.6 Å². The highest BCUT2D eigenvalue weighted by molar-refractivity contribution is 6.04. The summed E-state index contributed by atoms with van der Waals surface area (Å²) in [5.41, 5.74) is 4.92. The summed E-state index contributed by atoms with van der Waals surface area (Å²) in [6.07, 6.45) is 0. The zero-order valence-corrected chi connectivity index (χ0v) is 12.0. The first kappa shape index (κ1) is 13.8. The molecule has 0 saturated carbocycles. The average molecular weight is 282 g/mol. The molecule has 0 atom stereocenters. The molecule has 1 amide bonds. The van der Waals surface area contributed by atoms with Crippen molar-refractivity contribution in [2.75, 3.05) is 12.4 Å². The van der Waals surface area contributed by atoms with Gasteiger partial charge in [-0.2, -0.15) is 0 Å². The second-order valence-electron chi connectivity index (χ2n) is 5.13. The summed E-state index contributed by atoms with van der Waals surface area (Å²) in [6, 6.07) is 13.5. The molecule has 2 aromatic carbocycles. The smallest absolute Gasteiger partial charge is 0.255 e. The van der Waals surface area contributed by atoms with Gasteiger partial charge < -0.3 is 15.4 Å². The largest absolute Gasteiger partial charge is 0.380 e. The van der Waals surface area contributed by atoms with Crippen LogP contribution in [0.3, 0.4) is 0 Å². The summed E-state index contributed by atoms with van der Waals surface area (Å²) in [5.74, 6) is -0.0896. The van der Waals surface area contributed by atoms with E-state index in [1.165, 1.54) is 11.1 Å². The molecular formula is C17H18N2O2. The van der Waals surface area contributed by atoms with Crippen LogP contribution in [0.25, 0.3) is 0 Å². The Kier molecular flexibility index (Phi) is 3.99. The third-order valence-electron chi connectivity index (χ3n) is 3.66. The first-order valence-corrected chi connectivity index (χ1v) is 6.98. The van der Waals surface area contributed by atoms with Gasteiger partial charge in [-0.3, -0.25) is 4.79 Å². The average Bonchev–Trinajstić information content (AvgIpc) is 2.97. The van der Waals surface area contributed by atoms with Crippen LogP contribution < -0.4 is 10.6 Å². The molecule has 1 heterocycles. The summed E-state index contributed by atoms with van der Waals surface area (Å²) < 4.78 is 5.16. The fraction of sp³-hybridized carbons (Fsp3) is 0.235. The number of carbonyl (C=O) groups is 1. The van der Waals surface area contributed by atoms with Crippen LogP contribution in [0, 0.1) is 0 Å². The van der Waals surface area contributed by atoms with Gasteiger partial charge in [-0.15, -0.1) is 0 Å². The number of para-hydroxylation sites is 1. The molecule has 0 saturated heterocycles. The van der Waals surface area contributed by atoms with E-state index >= 15 is 0 Å². The minimum atomic E-state index is -0.0896. The quantitative estimate of drug-likeness (QED) is 0.906. The molecule has 108 valence electrons. The molecule has 0 aromatic heterocycles. The van der Waals surface area contributed by atoms with Crippen molar-refractivity contribution in [3.63, 3.8) is 0 Å². The molecule has 0 aliphatic carbocycles. The summed E-state index contributed by atoms with van der Waals surface area (Å²) in [5, 5.41) is 6.24. The number of hydrogen-bond acceptors (Lipinski definition) is 3. The van der Waals surface area contributed by atoms with Crippen molar-refractivity contribution in [1.29, 1.82) is 0 Å². The van der Waals surface area contributed by atoms with Crippen molar-refractivity contribution in [3.8, 4) is 0 Å². The summed E-state index contributed by atoms with van der Waals surface area (Å²) in [6.45, 7) is 2.19. The molecule has 0 fully saturated rings. The number of nitrogens with one attached hydrogen (secondary N) is 2. The number of ether oxygens (including phenoxy) is 1. The number of rotatable bonds is 4. The van der Waals surface area contributed by atoms with Crippen LogP contribution in [0.15, 0.2) is 42.5 Å². The maximum atomic E-state index is 12.4. The standard InChI is InChI=1S/C17H18N2O2/c1-21-11-14-4-2-3-5-16(14)19-17(20)12-6-7-13-9-18-10-15(13)8-12/h2-8,18H,9-11H2,1H3,(H,19,20). The van der Waals surface area contributed by atoms with Gasteiger partial charge in [-0.05, 0) is 29.3 Å². The van der Waals surface area contributed by atoms with Crippen molar-refractivity contribution in [1.82, 2.24) is 5.32 Å². The Balaban J connectivity index is 1.80. The molecule has 2 N–H and O–H groups in total. The van der Waals surface area contributed by atoms with Gasteiger partial charge in [-0.1, -0.05) is 24.3 Å². The van der Waals surface area contributed by atoms with E-state index in [4.69, 9.17) is 4.74 Å². The van der Waals surface area contributed by atoms with E-state index in [2.05, 4.69) is 10.6 Å². The van der Waals surface area contributed by atoms with Gasteiger partial charge in [-0.25, -0.2) is 0 Å². The Morgan fingerprint density at radius 3 is 2.86 bits per heavy atom. The van der Waals surface area contributed by atoms with Gasteiger partial charge in [0, 0.05) is 37.0 Å². The second-order valence-corrected chi connectivity index (χ2v) is 5.13. The fourth-order valence-electron chi connectivity index (χ4n) is 2.55. The zero-order chi connectivity index (χ0) is 14.7. The van der Waals surface area contributed by atoms with Crippen molar-refractivity contribution in [2.24, 2.45) is 0 Å². The van der Waals surface area contributed by atoms with Gasteiger partial charge in [0.15, 0.2) is 0 Å². The minimum Gasteiger partial charge on any atom is -0.380 e. The van der Waals surface area contributed by atoms with Crippen molar-refractivity contribution in [3.05, 3.63) is 64.7 Å². The fourth-order valence-corrected chi connectivity index (χ4v) is 2.55. The van der Waals surface area contributed by atoms with Gasteiger partial charge in [0.1, 0.15) is 0 Å². The number of benzene rings is 2. The lowest BCUT2D eigenvalue weighted by Crippen LogP contribution is -2.14. The first-order valence-electron chi connectivity index (χ1n) is 6.98. The topological polar surface area (TPSA) is 50.4 Å². The van der Waals surface area contributed by atoms with Crippen LogP contribution in [0.5, 0.6) is 0 Å². The second kappa shape index (κ2) is 6.08. The third kappa shape index (κ3) is 2.96. The van der Waals surface area contributed by atoms with Gasteiger partial charge in [0.05, 0.1) is 6.61 Å². The van der Waals surface area contributed by atoms with Crippen LogP contribution >= 0.6 is 0 Å². The molecule has 2 aromatic rings. The highest BCUT2D eigenvalue weighted by Crippen LogP contribution is 2.20. The predicted molar refractivity (Wildman–Crippen MR) is 82.1 cm³/mol. The highest BCUT2D eigenvalue weighted by Gasteiger charge is 2.14. The van der Waals surface area contributed by atoms with Crippen LogP contribution in [-0.4, -0.2) is 13.0 Å². The molecule has 1 aliphatic heterocycles. The van der Waals surface area contributed by atoms with Crippen LogP contribution in [0.2, 0.25) is 0 Å². The molecule has 21 heavy (non-hydrogen) atoms. The molecule has 0 bridgehead atoms. The molecule has 4 nitrogen and oxygen atoms in total. The van der Waals surface area contributed by atoms with Gasteiger partial charge >= 0.3 is 0 Å². The SMILES string of the molecule is COCc1ccccc1NC(=O)c1ccc2c(c1)CNC2. The number of anilines is 1. The van der Waals surface area contributed by atoms with E-state index in [0.29, 0.717) is 12.2 Å². The maximum absolute atomic E-state index is 12.4. The molecule has 4 heteroatoms. The zero-order valence-electron chi connectivity index (χ0n) is 12.0. The molecule has 3 rings (SSSR count). The summed E-state index contributed by atoms with van der Waals surface area (Å²) >= 11 is 0. The number of amides is 1. The van der Waals surface area contributed by atoms with Gasteiger partial charge in [0.2, 0.25) is 0 Å². The number of fused-ring (bicyclic) bond motifs is 1. The van der Waals surface area contributed by atoms with Gasteiger partial charge in [0.25, 0.3) is 5.91 Å². The maximum Gasteiger partial charge on any atom is 0.255 e. The number of hydrogen-bond donors (Lipinski definition) is 2. The van der Waals surface area contributed by atoms with Crippen LogP contribution in [-0.2, 0) is 24.4 Å².